The number of carbonyl (C=O) groups is 2. The van der Waals surface area contributed by atoms with Crippen molar-refractivity contribution in [2.45, 2.75) is 45.6 Å². The van der Waals surface area contributed by atoms with Gasteiger partial charge in [-0.15, -0.1) is 0 Å². The SMILES string of the molecule is CC(C)(C)OC(=O)N1CCC(c2ccc(OCCO)cc2)=C(C(=O)NCCCc2ccccc2Cl)C1. The standard InChI is InChI=1S/C28H35ClN2O5/c1-28(2,3)36-27(34)31-16-14-23(20-10-12-22(13-11-20)35-18-17-32)24(19-31)26(33)30-15-6-8-21-7-4-5-9-25(21)29/h4-5,7,9-13,32H,6,8,14-19H2,1-3H3,(H,30,33). The Bertz CT molecular complexity index is 1080. The lowest BCUT2D eigenvalue weighted by Crippen LogP contribution is -2.43. The van der Waals surface area contributed by atoms with Crippen molar-refractivity contribution in [2.75, 3.05) is 32.8 Å². The first-order chi connectivity index (χ1) is 17.2. The first kappa shape index (κ1) is 27.6. The topological polar surface area (TPSA) is 88.1 Å². The van der Waals surface area contributed by atoms with Crippen molar-refractivity contribution in [3.63, 3.8) is 0 Å². The van der Waals surface area contributed by atoms with Crippen LogP contribution >= 0.6 is 11.6 Å². The zero-order chi connectivity index (χ0) is 26.1. The Morgan fingerprint density at radius 2 is 1.83 bits per heavy atom. The molecule has 2 aromatic carbocycles. The summed E-state index contributed by atoms with van der Waals surface area (Å²) < 4.78 is 11.0. The third-order valence-electron chi connectivity index (χ3n) is 5.70. The number of amides is 2. The Hall–Kier alpha value is -3.03. The molecule has 0 saturated carbocycles. The van der Waals surface area contributed by atoms with E-state index in [0.717, 1.165) is 34.6 Å². The van der Waals surface area contributed by atoms with E-state index in [2.05, 4.69) is 5.32 Å². The van der Waals surface area contributed by atoms with Gasteiger partial charge in [0.1, 0.15) is 18.0 Å². The number of nitrogens with zero attached hydrogens (tertiary/aromatic N) is 1. The van der Waals surface area contributed by atoms with E-state index in [1.54, 1.807) is 4.90 Å². The molecule has 0 radical (unpaired) electrons. The number of aliphatic hydroxyl groups is 1. The molecular formula is C28H35ClN2O5. The van der Waals surface area contributed by atoms with Gasteiger partial charge in [-0.1, -0.05) is 41.9 Å². The normalized spacial score (nSPS) is 14.0. The van der Waals surface area contributed by atoms with Crippen molar-refractivity contribution >= 4 is 29.2 Å². The predicted molar refractivity (Wildman–Crippen MR) is 141 cm³/mol. The van der Waals surface area contributed by atoms with Gasteiger partial charge in [-0.3, -0.25) is 4.79 Å². The summed E-state index contributed by atoms with van der Waals surface area (Å²) in [5, 5.41) is 12.7. The number of ether oxygens (including phenoxy) is 2. The van der Waals surface area contributed by atoms with Crippen LogP contribution in [-0.2, 0) is 16.0 Å². The number of hydrogen-bond acceptors (Lipinski definition) is 5. The molecule has 7 nitrogen and oxygen atoms in total. The highest BCUT2D eigenvalue weighted by Gasteiger charge is 2.30. The molecule has 8 heteroatoms. The summed E-state index contributed by atoms with van der Waals surface area (Å²) in [4.78, 5) is 27.6. The zero-order valence-electron chi connectivity index (χ0n) is 21.2. The molecule has 3 rings (SSSR count). The van der Waals surface area contributed by atoms with Crippen molar-refractivity contribution < 1.29 is 24.2 Å². The second-order valence-corrected chi connectivity index (χ2v) is 10.1. The second-order valence-electron chi connectivity index (χ2n) is 9.66. The molecule has 1 aliphatic rings. The van der Waals surface area contributed by atoms with Gasteiger partial charge in [0.25, 0.3) is 0 Å². The molecule has 1 aliphatic heterocycles. The summed E-state index contributed by atoms with van der Waals surface area (Å²) in [6.07, 6.45) is 1.59. The molecule has 0 bridgehead atoms. The molecule has 0 atom stereocenters. The molecule has 194 valence electrons. The minimum Gasteiger partial charge on any atom is -0.491 e. The fraction of sp³-hybridized carbons (Fsp3) is 0.429. The van der Waals surface area contributed by atoms with Crippen LogP contribution in [0.4, 0.5) is 4.79 Å². The smallest absolute Gasteiger partial charge is 0.410 e. The van der Waals surface area contributed by atoms with E-state index >= 15 is 0 Å². The molecular weight excluding hydrogens is 480 g/mol. The third kappa shape index (κ3) is 8.00. The Balaban J connectivity index is 1.74. The fourth-order valence-electron chi connectivity index (χ4n) is 3.98. The van der Waals surface area contributed by atoms with E-state index in [1.807, 2.05) is 69.3 Å². The third-order valence-corrected chi connectivity index (χ3v) is 6.07. The highest BCUT2D eigenvalue weighted by molar-refractivity contribution is 6.31. The van der Waals surface area contributed by atoms with Gasteiger partial charge in [0, 0.05) is 23.7 Å². The minimum atomic E-state index is -0.618. The summed E-state index contributed by atoms with van der Waals surface area (Å²) >= 11 is 6.24. The summed E-state index contributed by atoms with van der Waals surface area (Å²) in [5.74, 6) is 0.447. The fourth-order valence-corrected chi connectivity index (χ4v) is 4.21. The first-order valence-electron chi connectivity index (χ1n) is 12.2. The summed E-state index contributed by atoms with van der Waals surface area (Å²) in [5.41, 5.74) is 2.77. The molecule has 0 saturated heterocycles. The molecule has 2 amide bonds. The molecule has 0 unspecified atom stereocenters. The molecule has 0 spiro atoms. The Morgan fingerprint density at radius 3 is 2.50 bits per heavy atom. The number of halogens is 1. The van der Waals surface area contributed by atoms with Gasteiger partial charge in [0.05, 0.1) is 13.2 Å². The average molecular weight is 515 g/mol. The van der Waals surface area contributed by atoms with E-state index < -0.39 is 11.7 Å². The van der Waals surface area contributed by atoms with E-state index in [9.17, 15) is 9.59 Å². The molecule has 0 aliphatic carbocycles. The molecule has 36 heavy (non-hydrogen) atoms. The van der Waals surface area contributed by atoms with Crippen molar-refractivity contribution in [1.29, 1.82) is 0 Å². The number of carbonyl (C=O) groups excluding carboxylic acids is 2. The summed E-state index contributed by atoms with van der Waals surface area (Å²) in [6, 6.07) is 15.1. The summed E-state index contributed by atoms with van der Waals surface area (Å²) in [7, 11) is 0. The van der Waals surface area contributed by atoms with E-state index in [4.69, 9.17) is 26.2 Å². The lowest BCUT2D eigenvalue weighted by molar-refractivity contribution is -0.117. The average Bonchev–Trinajstić information content (AvgIpc) is 2.85. The maximum absolute atomic E-state index is 13.3. The van der Waals surface area contributed by atoms with Crippen LogP contribution in [0.2, 0.25) is 5.02 Å². The van der Waals surface area contributed by atoms with Crippen LogP contribution in [0.25, 0.3) is 5.57 Å². The van der Waals surface area contributed by atoms with Crippen molar-refractivity contribution in [3.8, 4) is 5.75 Å². The van der Waals surface area contributed by atoms with Gasteiger partial charge < -0.3 is 24.8 Å². The lowest BCUT2D eigenvalue weighted by Gasteiger charge is -2.32. The van der Waals surface area contributed by atoms with Gasteiger partial charge in [0.15, 0.2) is 0 Å². The van der Waals surface area contributed by atoms with Crippen molar-refractivity contribution in [1.82, 2.24) is 10.2 Å². The van der Waals surface area contributed by atoms with Crippen LogP contribution < -0.4 is 10.1 Å². The van der Waals surface area contributed by atoms with Crippen LogP contribution in [0, 0.1) is 0 Å². The molecule has 2 aromatic rings. The van der Waals surface area contributed by atoms with Crippen LogP contribution in [0.15, 0.2) is 54.1 Å². The van der Waals surface area contributed by atoms with Gasteiger partial charge in [-0.2, -0.15) is 0 Å². The van der Waals surface area contributed by atoms with Gasteiger partial charge in [-0.25, -0.2) is 4.79 Å². The number of nitrogens with one attached hydrogen (secondary N) is 1. The predicted octanol–water partition coefficient (Wildman–Crippen LogP) is 4.85. The second kappa shape index (κ2) is 12.8. The Morgan fingerprint density at radius 1 is 1.11 bits per heavy atom. The number of aryl methyl sites for hydroxylation is 1. The largest absolute Gasteiger partial charge is 0.491 e. The van der Waals surface area contributed by atoms with Crippen LogP contribution in [0.5, 0.6) is 5.75 Å². The monoisotopic (exact) mass is 514 g/mol. The maximum Gasteiger partial charge on any atom is 0.410 e. The molecule has 0 aromatic heterocycles. The summed E-state index contributed by atoms with van der Waals surface area (Å²) in [6.45, 7) is 6.74. The van der Waals surface area contributed by atoms with Crippen LogP contribution in [-0.4, -0.2) is 60.5 Å². The van der Waals surface area contributed by atoms with Crippen LogP contribution in [0.3, 0.4) is 0 Å². The van der Waals surface area contributed by atoms with E-state index in [0.29, 0.717) is 30.8 Å². The van der Waals surface area contributed by atoms with Crippen LogP contribution in [0.1, 0.15) is 44.7 Å². The van der Waals surface area contributed by atoms with Gasteiger partial charge in [-0.05, 0) is 74.9 Å². The van der Waals surface area contributed by atoms with Crippen molar-refractivity contribution in [3.05, 3.63) is 70.3 Å². The van der Waals surface area contributed by atoms with Gasteiger partial charge >= 0.3 is 6.09 Å². The van der Waals surface area contributed by atoms with E-state index in [-0.39, 0.29) is 25.7 Å². The quantitative estimate of drug-likeness (QED) is 0.467. The Kier molecular flexibility index (Phi) is 9.79. The highest BCUT2D eigenvalue weighted by Crippen LogP contribution is 2.30. The maximum atomic E-state index is 13.3. The molecule has 2 N–H and O–H groups in total. The number of benzene rings is 2. The van der Waals surface area contributed by atoms with E-state index in [1.165, 1.54) is 0 Å². The molecule has 0 fully saturated rings. The lowest BCUT2D eigenvalue weighted by atomic mass is 9.93. The minimum absolute atomic E-state index is 0.0613. The zero-order valence-corrected chi connectivity index (χ0v) is 21.9. The Labute approximate surface area is 218 Å². The highest BCUT2D eigenvalue weighted by atomic mass is 35.5. The molecule has 1 heterocycles. The number of hydrogen-bond donors (Lipinski definition) is 2. The first-order valence-corrected chi connectivity index (χ1v) is 12.6. The number of aliphatic hydroxyl groups excluding tert-OH is 1. The number of rotatable bonds is 9. The van der Waals surface area contributed by atoms with Gasteiger partial charge in [0.2, 0.25) is 5.91 Å². The van der Waals surface area contributed by atoms with Crippen molar-refractivity contribution in [2.24, 2.45) is 0 Å².